The lowest BCUT2D eigenvalue weighted by atomic mass is 9.87. The molecule has 0 fully saturated rings. The molecule has 0 aliphatic rings. The number of methoxy groups -OCH3 is 2. The van der Waals surface area contributed by atoms with Crippen LogP contribution in [0.4, 0.5) is 5.69 Å². The average molecular weight is 297 g/mol. The van der Waals surface area contributed by atoms with Gasteiger partial charge in [-0.25, -0.2) is 0 Å². The van der Waals surface area contributed by atoms with E-state index in [9.17, 15) is 0 Å². The van der Waals surface area contributed by atoms with Crippen molar-refractivity contribution in [2.45, 2.75) is 26.2 Å². The Balaban J connectivity index is 2.25. The fraction of sp³-hybridized carbons (Fsp3) is 0.316. The Morgan fingerprint density at radius 2 is 1.59 bits per heavy atom. The molecular formula is C19H23NO2. The second-order valence-electron chi connectivity index (χ2n) is 6.16. The highest BCUT2D eigenvalue weighted by atomic mass is 16.5. The number of hydrogen-bond donors (Lipinski definition) is 0. The first kappa shape index (κ1) is 16.1. The van der Waals surface area contributed by atoms with E-state index in [0.717, 1.165) is 22.7 Å². The van der Waals surface area contributed by atoms with Crippen LogP contribution in [-0.2, 0) is 5.41 Å². The van der Waals surface area contributed by atoms with Gasteiger partial charge < -0.3 is 9.47 Å². The highest BCUT2D eigenvalue weighted by Gasteiger charge is 2.12. The maximum Gasteiger partial charge on any atom is 0.127 e. The topological polar surface area (TPSA) is 30.8 Å². The van der Waals surface area contributed by atoms with E-state index in [0.29, 0.717) is 0 Å². The van der Waals surface area contributed by atoms with Crippen molar-refractivity contribution in [1.82, 2.24) is 0 Å². The van der Waals surface area contributed by atoms with E-state index in [-0.39, 0.29) is 5.41 Å². The highest BCUT2D eigenvalue weighted by molar-refractivity contribution is 5.86. The number of hydrogen-bond acceptors (Lipinski definition) is 3. The molecule has 0 atom stereocenters. The summed E-state index contributed by atoms with van der Waals surface area (Å²) in [6.07, 6.45) is 1.80. The minimum atomic E-state index is 0.151. The van der Waals surface area contributed by atoms with Gasteiger partial charge in [0.2, 0.25) is 0 Å². The fourth-order valence-corrected chi connectivity index (χ4v) is 2.13. The van der Waals surface area contributed by atoms with Gasteiger partial charge in [-0.05, 0) is 41.3 Å². The van der Waals surface area contributed by atoms with Crippen molar-refractivity contribution in [3.63, 3.8) is 0 Å². The molecule has 0 heterocycles. The van der Waals surface area contributed by atoms with Crippen molar-refractivity contribution in [2.24, 2.45) is 4.99 Å². The molecule has 0 aliphatic heterocycles. The normalized spacial score (nSPS) is 11.7. The molecule has 0 unspecified atom stereocenters. The number of ether oxygens (including phenoxy) is 2. The predicted molar refractivity (Wildman–Crippen MR) is 91.9 cm³/mol. The zero-order chi connectivity index (χ0) is 16.2. The van der Waals surface area contributed by atoms with Crippen molar-refractivity contribution in [3.8, 4) is 11.5 Å². The van der Waals surface area contributed by atoms with Gasteiger partial charge in [-0.15, -0.1) is 0 Å². The summed E-state index contributed by atoms with van der Waals surface area (Å²) in [5.74, 6) is 1.56. The Labute approximate surface area is 132 Å². The van der Waals surface area contributed by atoms with Crippen LogP contribution < -0.4 is 9.47 Å². The fourth-order valence-electron chi connectivity index (χ4n) is 2.13. The molecule has 0 saturated carbocycles. The van der Waals surface area contributed by atoms with E-state index in [1.807, 2.05) is 30.3 Å². The summed E-state index contributed by atoms with van der Waals surface area (Å²) in [6.45, 7) is 6.60. The van der Waals surface area contributed by atoms with Crippen molar-refractivity contribution < 1.29 is 9.47 Å². The molecule has 116 valence electrons. The third-order valence-corrected chi connectivity index (χ3v) is 3.52. The van der Waals surface area contributed by atoms with Crippen LogP contribution in [-0.4, -0.2) is 20.4 Å². The Morgan fingerprint density at radius 1 is 0.909 bits per heavy atom. The van der Waals surface area contributed by atoms with E-state index in [1.165, 1.54) is 5.56 Å². The molecule has 2 aromatic rings. The Bertz CT molecular complexity index is 652. The van der Waals surface area contributed by atoms with Crippen LogP contribution in [0.5, 0.6) is 11.5 Å². The van der Waals surface area contributed by atoms with E-state index in [1.54, 1.807) is 20.4 Å². The summed E-state index contributed by atoms with van der Waals surface area (Å²) in [7, 11) is 3.30. The monoisotopic (exact) mass is 297 g/mol. The number of rotatable bonds is 4. The molecule has 0 N–H and O–H groups in total. The first-order valence-corrected chi connectivity index (χ1v) is 7.30. The maximum absolute atomic E-state index is 5.35. The summed E-state index contributed by atoms with van der Waals surface area (Å²) < 4.78 is 10.6. The summed E-state index contributed by atoms with van der Waals surface area (Å²) in [4.78, 5) is 4.52. The molecule has 0 aromatic heterocycles. The largest absolute Gasteiger partial charge is 0.497 e. The van der Waals surface area contributed by atoms with E-state index in [4.69, 9.17) is 9.47 Å². The Kier molecular flexibility index (Phi) is 4.86. The lowest BCUT2D eigenvalue weighted by molar-refractivity contribution is 0.402. The third kappa shape index (κ3) is 3.88. The van der Waals surface area contributed by atoms with Crippen LogP contribution in [0.15, 0.2) is 47.5 Å². The standard InChI is InChI=1S/C19H23NO2/c1-19(2,3)15-6-8-16(9-7-15)20-13-14-12-17(21-4)10-11-18(14)22-5/h6-13H,1-5H3. The van der Waals surface area contributed by atoms with Gasteiger partial charge in [0, 0.05) is 11.8 Å². The molecular weight excluding hydrogens is 274 g/mol. The van der Waals surface area contributed by atoms with Gasteiger partial charge >= 0.3 is 0 Å². The Morgan fingerprint density at radius 3 is 2.14 bits per heavy atom. The van der Waals surface area contributed by atoms with E-state index >= 15 is 0 Å². The predicted octanol–water partition coefficient (Wildman–Crippen LogP) is 4.75. The lowest BCUT2D eigenvalue weighted by Gasteiger charge is -2.18. The van der Waals surface area contributed by atoms with Gasteiger partial charge in [0.05, 0.1) is 19.9 Å². The highest BCUT2D eigenvalue weighted by Crippen LogP contribution is 2.26. The van der Waals surface area contributed by atoms with Gasteiger partial charge in [-0.2, -0.15) is 0 Å². The van der Waals surface area contributed by atoms with E-state index in [2.05, 4.69) is 37.9 Å². The number of nitrogens with zero attached hydrogens (tertiary/aromatic N) is 1. The smallest absolute Gasteiger partial charge is 0.127 e. The average Bonchev–Trinajstić information content (AvgIpc) is 2.52. The van der Waals surface area contributed by atoms with Gasteiger partial charge in [0.25, 0.3) is 0 Å². The summed E-state index contributed by atoms with van der Waals surface area (Å²) in [5, 5.41) is 0. The minimum absolute atomic E-state index is 0.151. The molecule has 0 saturated heterocycles. The first-order chi connectivity index (χ1) is 10.4. The van der Waals surface area contributed by atoms with Crippen molar-refractivity contribution in [1.29, 1.82) is 0 Å². The molecule has 0 bridgehead atoms. The van der Waals surface area contributed by atoms with Crippen LogP contribution in [0.1, 0.15) is 31.9 Å². The SMILES string of the molecule is COc1ccc(OC)c(C=Nc2ccc(C(C)(C)C)cc2)c1. The molecule has 0 amide bonds. The zero-order valence-corrected chi connectivity index (χ0v) is 13.9. The van der Waals surface area contributed by atoms with Crippen molar-refractivity contribution in [3.05, 3.63) is 53.6 Å². The number of benzene rings is 2. The van der Waals surface area contributed by atoms with Crippen molar-refractivity contribution in [2.75, 3.05) is 14.2 Å². The van der Waals surface area contributed by atoms with Crippen LogP contribution >= 0.6 is 0 Å². The van der Waals surface area contributed by atoms with Gasteiger partial charge in [0.15, 0.2) is 0 Å². The molecule has 3 nitrogen and oxygen atoms in total. The lowest BCUT2D eigenvalue weighted by Crippen LogP contribution is -2.10. The van der Waals surface area contributed by atoms with Crippen LogP contribution in [0.2, 0.25) is 0 Å². The van der Waals surface area contributed by atoms with Crippen LogP contribution in [0.3, 0.4) is 0 Å². The summed E-state index contributed by atoms with van der Waals surface area (Å²) in [5.41, 5.74) is 3.25. The van der Waals surface area contributed by atoms with E-state index < -0.39 is 0 Å². The summed E-state index contributed by atoms with van der Waals surface area (Å²) in [6, 6.07) is 14.0. The van der Waals surface area contributed by atoms with Gasteiger partial charge in [-0.1, -0.05) is 32.9 Å². The third-order valence-electron chi connectivity index (χ3n) is 3.52. The van der Waals surface area contributed by atoms with Crippen LogP contribution in [0.25, 0.3) is 0 Å². The van der Waals surface area contributed by atoms with Gasteiger partial charge in [-0.3, -0.25) is 4.99 Å². The molecule has 0 radical (unpaired) electrons. The molecule has 2 aromatic carbocycles. The zero-order valence-electron chi connectivity index (χ0n) is 13.9. The first-order valence-electron chi connectivity index (χ1n) is 7.30. The maximum atomic E-state index is 5.35. The quantitative estimate of drug-likeness (QED) is 0.762. The molecule has 0 aliphatic carbocycles. The molecule has 3 heteroatoms. The Hall–Kier alpha value is -2.29. The molecule has 2 rings (SSSR count). The number of aliphatic imine (C=N–C) groups is 1. The van der Waals surface area contributed by atoms with Crippen molar-refractivity contribution >= 4 is 11.9 Å². The second kappa shape index (κ2) is 6.65. The minimum Gasteiger partial charge on any atom is -0.497 e. The molecule has 0 spiro atoms. The second-order valence-corrected chi connectivity index (χ2v) is 6.16. The molecule has 22 heavy (non-hydrogen) atoms. The van der Waals surface area contributed by atoms with Gasteiger partial charge in [0.1, 0.15) is 11.5 Å². The van der Waals surface area contributed by atoms with Crippen LogP contribution in [0, 0.1) is 0 Å². The summed E-state index contributed by atoms with van der Waals surface area (Å²) >= 11 is 0.